The lowest BCUT2D eigenvalue weighted by atomic mass is 10.1. The number of benzene rings is 2. The van der Waals surface area contributed by atoms with Gasteiger partial charge in [-0.25, -0.2) is 0 Å². The van der Waals surface area contributed by atoms with E-state index in [1.54, 1.807) is 0 Å². The third-order valence-electron chi connectivity index (χ3n) is 3.02. The molecule has 1 atom stereocenters. The number of aryl methyl sites for hydroxylation is 1. The predicted molar refractivity (Wildman–Crippen MR) is 85.7 cm³/mol. The summed E-state index contributed by atoms with van der Waals surface area (Å²) in [5.74, 6) is 1.80. The maximum Gasteiger partial charge on any atom is 0.0446 e. The second kappa shape index (κ2) is 6.99. The highest BCUT2D eigenvalue weighted by Crippen LogP contribution is 2.23. The second-order valence-corrected chi connectivity index (χ2v) is 6.06. The van der Waals surface area contributed by atoms with Crippen LogP contribution >= 0.6 is 23.4 Å². The largest absolute Gasteiger partial charge is 0.323 e. The van der Waals surface area contributed by atoms with Crippen molar-refractivity contribution in [1.82, 2.24) is 0 Å². The van der Waals surface area contributed by atoms with Crippen molar-refractivity contribution in [2.75, 3.05) is 5.75 Å². The smallest absolute Gasteiger partial charge is 0.0446 e. The lowest BCUT2D eigenvalue weighted by molar-refractivity contribution is 0.830. The molecule has 1 nitrogen and oxygen atoms in total. The highest BCUT2D eigenvalue weighted by molar-refractivity contribution is 7.98. The standard InChI is InChI=1S/C16H18ClNS/c1-12-6-8-13(9-7-12)16(18)11-19-10-14-4-2-3-5-15(14)17/h2-9,16H,10-11,18H2,1H3. The number of nitrogens with two attached hydrogens (primary N) is 1. The summed E-state index contributed by atoms with van der Waals surface area (Å²) in [5, 5.41) is 0.832. The van der Waals surface area contributed by atoms with Crippen molar-refractivity contribution in [3.63, 3.8) is 0 Å². The lowest BCUT2D eigenvalue weighted by Gasteiger charge is -2.12. The molecule has 2 N–H and O–H groups in total. The van der Waals surface area contributed by atoms with Gasteiger partial charge in [0.1, 0.15) is 0 Å². The molecule has 19 heavy (non-hydrogen) atoms. The molecule has 0 aromatic heterocycles. The molecule has 0 fully saturated rings. The molecule has 100 valence electrons. The Hall–Kier alpha value is -0.960. The first-order valence-electron chi connectivity index (χ1n) is 6.30. The molecule has 0 radical (unpaired) electrons. The molecule has 0 aliphatic rings. The third-order valence-corrected chi connectivity index (χ3v) is 4.50. The Morgan fingerprint density at radius 2 is 1.79 bits per heavy atom. The van der Waals surface area contributed by atoms with Crippen LogP contribution in [0.3, 0.4) is 0 Å². The van der Waals surface area contributed by atoms with Gasteiger partial charge in [-0.15, -0.1) is 0 Å². The van der Waals surface area contributed by atoms with Gasteiger partial charge in [-0.1, -0.05) is 59.6 Å². The van der Waals surface area contributed by atoms with Gasteiger partial charge >= 0.3 is 0 Å². The number of hydrogen-bond donors (Lipinski definition) is 1. The van der Waals surface area contributed by atoms with Crippen molar-refractivity contribution in [2.24, 2.45) is 5.73 Å². The van der Waals surface area contributed by atoms with Gasteiger partial charge in [0, 0.05) is 22.6 Å². The Bertz CT molecular complexity index is 525. The average molecular weight is 292 g/mol. The van der Waals surface area contributed by atoms with E-state index in [4.69, 9.17) is 17.3 Å². The van der Waals surface area contributed by atoms with Crippen LogP contribution in [0.1, 0.15) is 22.7 Å². The van der Waals surface area contributed by atoms with Gasteiger partial charge in [0.05, 0.1) is 0 Å². The highest BCUT2D eigenvalue weighted by Gasteiger charge is 2.06. The monoisotopic (exact) mass is 291 g/mol. The van der Waals surface area contributed by atoms with E-state index in [1.165, 1.54) is 16.7 Å². The van der Waals surface area contributed by atoms with Crippen LogP contribution in [0.2, 0.25) is 5.02 Å². The topological polar surface area (TPSA) is 26.0 Å². The zero-order valence-corrected chi connectivity index (χ0v) is 12.5. The Kier molecular flexibility index (Phi) is 5.32. The quantitative estimate of drug-likeness (QED) is 0.872. The van der Waals surface area contributed by atoms with E-state index in [2.05, 4.69) is 37.3 Å². The van der Waals surface area contributed by atoms with Crippen LogP contribution in [0, 0.1) is 6.92 Å². The second-order valence-electron chi connectivity index (χ2n) is 4.62. The fourth-order valence-corrected chi connectivity index (χ4v) is 3.14. The molecule has 1 unspecified atom stereocenters. The van der Waals surface area contributed by atoms with E-state index >= 15 is 0 Å². The lowest BCUT2D eigenvalue weighted by Crippen LogP contribution is -2.13. The van der Waals surface area contributed by atoms with E-state index in [1.807, 2.05) is 30.0 Å². The van der Waals surface area contributed by atoms with Crippen LogP contribution in [-0.2, 0) is 5.75 Å². The summed E-state index contributed by atoms with van der Waals surface area (Å²) in [6, 6.07) is 16.5. The van der Waals surface area contributed by atoms with Crippen LogP contribution in [0.15, 0.2) is 48.5 Å². The summed E-state index contributed by atoms with van der Waals surface area (Å²) < 4.78 is 0. The molecule has 0 heterocycles. The first kappa shape index (κ1) is 14.4. The van der Waals surface area contributed by atoms with Crippen molar-refractivity contribution < 1.29 is 0 Å². The molecule has 0 bridgehead atoms. The highest BCUT2D eigenvalue weighted by atomic mass is 35.5. The van der Waals surface area contributed by atoms with Gasteiger partial charge < -0.3 is 5.73 Å². The molecular formula is C16H18ClNS. The van der Waals surface area contributed by atoms with Gasteiger partial charge in [-0.2, -0.15) is 11.8 Å². The number of thioether (sulfide) groups is 1. The summed E-state index contributed by atoms with van der Waals surface area (Å²) in [6.07, 6.45) is 0. The number of hydrogen-bond acceptors (Lipinski definition) is 2. The third kappa shape index (κ3) is 4.27. The van der Waals surface area contributed by atoms with E-state index in [-0.39, 0.29) is 6.04 Å². The number of rotatable bonds is 5. The summed E-state index contributed by atoms with van der Waals surface area (Å²) in [4.78, 5) is 0. The van der Waals surface area contributed by atoms with Crippen LogP contribution in [0.4, 0.5) is 0 Å². The first-order chi connectivity index (χ1) is 9.16. The van der Waals surface area contributed by atoms with Crippen LogP contribution in [-0.4, -0.2) is 5.75 Å². The molecule has 2 aromatic rings. The summed E-state index contributed by atoms with van der Waals surface area (Å²) in [5.41, 5.74) is 9.82. The van der Waals surface area contributed by atoms with Crippen LogP contribution in [0.25, 0.3) is 0 Å². The molecule has 0 aliphatic carbocycles. The Morgan fingerprint density at radius 3 is 2.47 bits per heavy atom. The van der Waals surface area contributed by atoms with Crippen LogP contribution < -0.4 is 5.73 Å². The maximum absolute atomic E-state index is 6.19. The van der Waals surface area contributed by atoms with Crippen molar-refractivity contribution >= 4 is 23.4 Å². The fourth-order valence-electron chi connectivity index (χ4n) is 1.82. The van der Waals surface area contributed by atoms with E-state index in [0.717, 1.165) is 16.5 Å². The molecule has 3 heteroatoms. The van der Waals surface area contributed by atoms with E-state index < -0.39 is 0 Å². The maximum atomic E-state index is 6.19. The number of halogens is 1. The molecule has 0 spiro atoms. The Morgan fingerprint density at radius 1 is 1.11 bits per heavy atom. The van der Waals surface area contributed by atoms with Gasteiger partial charge in [-0.3, -0.25) is 0 Å². The van der Waals surface area contributed by atoms with Crippen molar-refractivity contribution in [1.29, 1.82) is 0 Å². The Labute approximate surface area is 124 Å². The van der Waals surface area contributed by atoms with Crippen molar-refractivity contribution in [3.05, 3.63) is 70.2 Å². The van der Waals surface area contributed by atoms with Crippen molar-refractivity contribution in [2.45, 2.75) is 18.7 Å². The van der Waals surface area contributed by atoms with Crippen LogP contribution in [0.5, 0.6) is 0 Å². The minimum atomic E-state index is 0.0769. The van der Waals surface area contributed by atoms with Gasteiger partial charge in [-0.05, 0) is 24.1 Å². The zero-order chi connectivity index (χ0) is 13.7. The summed E-state index contributed by atoms with van der Waals surface area (Å²) >= 11 is 7.95. The van der Waals surface area contributed by atoms with Gasteiger partial charge in [0.15, 0.2) is 0 Å². The zero-order valence-electron chi connectivity index (χ0n) is 11.0. The summed E-state index contributed by atoms with van der Waals surface area (Å²) in [6.45, 7) is 2.08. The molecule has 0 amide bonds. The predicted octanol–water partition coefficient (Wildman–Crippen LogP) is 4.58. The molecular weight excluding hydrogens is 274 g/mol. The van der Waals surface area contributed by atoms with Gasteiger partial charge in [0.2, 0.25) is 0 Å². The normalized spacial score (nSPS) is 12.4. The van der Waals surface area contributed by atoms with E-state index in [9.17, 15) is 0 Å². The molecule has 2 aromatic carbocycles. The Balaban J connectivity index is 1.86. The van der Waals surface area contributed by atoms with Gasteiger partial charge in [0.25, 0.3) is 0 Å². The molecule has 2 rings (SSSR count). The molecule has 0 saturated heterocycles. The average Bonchev–Trinajstić information content (AvgIpc) is 2.41. The SMILES string of the molecule is Cc1ccc(C(N)CSCc2ccccc2Cl)cc1. The van der Waals surface area contributed by atoms with E-state index in [0.29, 0.717) is 0 Å². The molecule has 0 aliphatic heterocycles. The fraction of sp³-hybridized carbons (Fsp3) is 0.250. The first-order valence-corrected chi connectivity index (χ1v) is 7.83. The molecule has 0 saturated carbocycles. The minimum Gasteiger partial charge on any atom is -0.323 e. The van der Waals surface area contributed by atoms with Crippen molar-refractivity contribution in [3.8, 4) is 0 Å². The minimum absolute atomic E-state index is 0.0769. The summed E-state index contributed by atoms with van der Waals surface area (Å²) in [7, 11) is 0.